The van der Waals surface area contributed by atoms with Crippen LogP contribution in [0.4, 0.5) is 0 Å². The van der Waals surface area contributed by atoms with Crippen LogP contribution < -0.4 is 0 Å². The second kappa shape index (κ2) is 4.09. The van der Waals surface area contributed by atoms with Gasteiger partial charge in [-0.1, -0.05) is 6.07 Å². The highest BCUT2D eigenvalue weighted by molar-refractivity contribution is 5.97. The molecular weight excluding hydrogens is 190 g/mol. The van der Waals surface area contributed by atoms with Crippen LogP contribution >= 0.6 is 0 Å². The van der Waals surface area contributed by atoms with Crippen LogP contribution in [0.2, 0.25) is 0 Å². The molecule has 15 heavy (non-hydrogen) atoms. The van der Waals surface area contributed by atoms with E-state index in [-0.39, 0.29) is 5.78 Å². The highest BCUT2D eigenvalue weighted by Crippen LogP contribution is 2.09. The molecule has 3 heteroatoms. The largest absolute Gasteiger partial charge is 0.469 e. The van der Waals surface area contributed by atoms with Crippen molar-refractivity contribution in [3.63, 3.8) is 0 Å². The van der Waals surface area contributed by atoms with Gasteiger partial charge in [0.25, 0.3) is 0 Å². The maximum Gasteiger partial charge on any atom is 0.172 e. The number of carbonyl (C=O) groups excluding carboxylic acids is 1. The minimum absolute atomic E-state index is 0.0329. The van der Waals surface area contributed by atoms with Crippen molar-refractivity contribution in [2.75, 3.05) is 0 Å². The number of pyridine rings is 1. The normalized spacial score (nSPS) is 10.2. The molecule has 0 aromatic carbocycles. The Morgan fingerprint density at radius 2 is 2.33 bits per heavy atom. The molecule has 0 amide bonds. The lowest BCUT2D eigenvalue weighted by molar-refractivity contribution is 0.0991. The Morgan fingerprint density at radius 3 is 2.93 bits per heavy atom. The van der Waals surface area contributed by atoms with E-state index in [4.69, 9.17) is 4.42 Å². The zero-order valence-corrected chi connectivity index (χ0v) is 8.43. The lowest BCUT2D eigenvalue weighted by atomic mass is 10.1. The van der Waals surface area contributed by atoms with Gasteiger partial charge >= 0.3 is 0 Å². The molecule has 0 aliphatic rings. The summed E-state index contributed by atoms with van der Waals surface area (Å²) in [5, 5.41) is 0. The number of carbonyl (C=O) groups is 1. The fourth-order valence-electron chi connectivity index (χ4n) is 1.36. The first-order valence-electron chi connectivity index (χ1n) is 4.74. The number of nitrogens with zero attached hydrogens (tertiary/aromatic N) is 1. The summed E-state index contributed by atoms with van der Waals surface area (Å²) < 4.78 is 5.08. The third-order valence-corrected chi connectivity index (χ3v) is 2.12. The van der Waals surface area contributed by atoms with Crippen LogP contribution in [0, 0.1) is 6.92 Å². The van der Waals surface area contributed by atoms with Gasteiger partial charge in [-0.2, -0.15) is 0 Å². The van der Waals surface area contributed by atoms with Crippen LogP contribution in [0.3, 0.4) is 0 Å². The molecule has 0 atom stereocenters. The molecule has 0 N–H and O–H groups in total. The SMILES string of the molecule is Cc1cc(C(=O)Cc2ccccn2)co1. The van der Waals surface area contributed by atoms with Crippen LogP contribution in [0.5, 0.6) is 0 Å². The predicted octanol–water partition coefficient (Wildman–Crippen LogP) is 2.41. The van der Waals surface area contributed by atoms with Gasteiger partial charge < -0.3 is 4.42 Å². The van der Waals surface area contributed by atoms with Crippen molar-refractivity contribution in [2.24, 2.45) is 0 Å². The highest BCUT2D eigenvalue weighted by Gasteiger charge is 2.09. The molecule has 3 nitrogen and oxygen atoms in total. The maximum absolute atomic E-state index is 11.7. The summed E-state index contributed by atoms with van der Waals surface area (Å²) in [6, 6.07) is 7.28. The van der Waals surface area contributed by atoms with Crippen molar-refractivity contribution in [3.8, 4) is 0 Å². The van der Waals surface area contributed by atoms with E-state index < -0.39 is 0 Å². The van der Waals surface area contributed by atoms with Crippen molar-refractivity contribution < 1.29 is 9.21 Å². The zero-order valence-electron chi connectivity index (χ0n) is 8.43. The first kappa shape index (κ1) is 9.65. The third-order valence-electron chi connectivity index (χ3n) is 2.12. The smallest absolute Gasteiger partial charge is 0.172 e. The van der Waals surface area contributed by atoms with E-state index in [1.165, 1.54) is 6.26 Å². The number of aryl methyl sites for hydroxylation is 1. The Morgan fingerprint density at radius 1 is 1.47 bits per heavy atom. The summed E-state index contributed by atoms with van der Waals surface area (Å²) in [4.78, 5) is 15.8. The standard InChI is InChI=1S/C12H11NO2/c1-9-6-10(8-15-9)12(14)7-11-4-2-3-5-13-11/h2-6,8H,7H2,1H3. The van der Waals surface area contributed by atoms with Gasteiger partial charge in [0.15, 0.2) is 5.78 Å². The van der Waals surface area contributed by atoms with E-state index in [1.54, 1.807) is 12.3 Å². The number of aromatic nitrogens is 1. The topological polar surface area (TPSA) is 43.1 Å². The number of rotatable bonds is 3. The zero-order chi connectivity index (χ0) is 10.7. The van der Waals surface area contributed by atoms with Gasteiger partial charge in [0.05, 0.1) is 12.0 Å². The van der Waals surface area contributed by atoms with Gasteiger partial charge in [-0.25, -0.2) is 0 Å². The molecule has 2 aromatic rings. The van der Waals surface area contributed by atoms with E-state index in [2.05, 4.69) is 4.98 Å². The van der Waals surface area contributed by atoms with Gasteiger partial charge in [-0.05, 0) is 25.1 Å². The fourth-order valence-corrected chi connectivity index (χ4v) is 1.36. The van der Waals surface area contributed by atoms with Crippen molar-refractivity contribution in [1.82, 2.24) is 4.98 Å². The van der Waals surface area contributed by atoms with E-state index in [0.717, 1.165) is 11.5 Å². The van der Waals surface area contributed by atoms with Crippen LogP contribution in [0.15, 0.2) is 41.1 Å². The quantitative estimate of drug-likeness (QED) is 0.716. The molecule has 0 bridgehead atoms. The van der Waals surface area contributed by atoms with Gasteiger partial charge in [-0.15, -0.1) is 0 Å². The van der Waals surface area contributed by atoms with Crippen molar-refractivity contribution in [1.29, 1.82) is 0 Å². The maximum atomic E-state index is 11.7. The van der Waals surface area contributed by atoms with Crippen LogP contribution in [0.1, 0.15) is 21.8 Å². The van der Waals surface area contributed by atoms with Gasteiger partial charge in [-0.3, -0.25) is 9.78 Å². The molecule has 0 saturated heterocycles. The molecule has 2 rings (SSSR count). The van der Waals surface area contributed by atoms with E-state index in [1.807, 2.05) is 25.1 Å². The summed E-state index contributed by atoms with van der Waals surface area (Å²) in [5.74, 6) is 0.782. The lowest BCUT2D eigenvalue weighted by Gasteiger charge is -1.96. The Labute approximate surface area is 87.8 Å². The molecule has 76 valence electrons. The summed E-state index contributed by atoms with van der Waals surface area (Å²) >= 11 is 0. The molecule has 2 heterocycles. The molecule has 0 saturated carbocycles. The number of furan rings is 1. The monoisotopic (exact) mass is 201 g/mol. The van der Waals surface area contributed by atoms with Crippen LogP contribution in [0.25, 0.3) is 0 Å². The first-order chi connectivity index (χ1) is 7.25. The molecule has 2 aromatic heterocycles. The van der Waals surface area contributed by atoms with Gasteiger partial charge in [0.2, 0.25) is 0 Å². The number of hydrogen-bond acceptors (Lipinski definition) is 3. The minimum Gasteiger partial charge on any atom is -0.469 e. The average molecular weight is 201 g/mol. The number of hydrogen-bond donors (Lipinski definition) is 0. The molecule has 0 unspecified atom stereocenters. The molecular formula is C12H11NO2. The van der Waals surface area contributed by atoms with Crippen LogP contribution in [-0.2, 0) is 6.42 Å². The van der Waals surface area contributed by atoms with Crippen molar-refractivity contribution in [2.45, 2.75) is 13.3 Å². The van der Waals surface area contributed by atoms with Gasteiger partial charge in [0.1, 0.15) is 12.0 Å². The molecule has 0 aliphatic heterocycles. The summed E-state index contributed by atoms with van der Waals surface area (Å²) in [5.41, 5.74) is 1.39. The minimum atomic E-state index is 0.0329. The lowest BCUT2D eigenvalue weighted by Crippen LogP contribution is -2.03. The Balaban J connectivity index is 2.11. The van der Waals surface area contributed by atoms with Gasteiger partial charge in [0, 0.05) is 11.9 Å². The third kappa shape index (κ3) is 2.31. The fraction of sp³-hybridized carbons (Fsp3) is 0.167. The predicted molar refractivity (Wildman–Crippen MR) is 55.7 cm³/mol. The van der Waals surface area contributed by atoms with Crippen molar-refractivity contribution >= 4 is 5.78 Å². The van der Waals surface area contributed by atoms with Crippen LogP contribution in [-0.4, -0.2) is 10.8 Å². The summed E-state index contributed by atoms with van der Waals surface area (Å²) in [6.07, 6.45) is 3.49. The average Bonchev–Trinajstić information content (AvgIpc) is 2.66. The first-order valence-corrected chi connectivity index (χ1v) is 4.74. The molecule has 0 radical (unpaired) electrons. The second-order valence-corrected chi connectivity index (χ2v) is 3.37. The Hall–Kier alpha value is -1.90. The molecule has 0 spiro atoms. The Bertz CT molecular complexity index is 459. The number of ketones is 1. The number of Topliss-reactive ketones (excluding diaryl/α,β-unsaturated/α-hetero) is 1. The van der Waals surface area contributed by atoms with Crippen molar-refractivity contribution in [3.05, 3.63) is 53.7 Å². The van der Waals surface area contributed by atoms with E-state index in [9.17, 15) is 4.79 Å². The summed E-state index contributed by atoms with van der Waals surface area (Å²) in [7, 11) is 0. The van der Waals surface area contributed by atoms with E-state index >= 15 is 0 Å². The Kier molecular flexibility index (Phi) is 2.63. The molecule has 0 aliphatic carbocycles. The summed E-state index contributed by atoms with van der Waals surface area (Å²) in [6.45, 7) is 1.82. The highest BCUT2D eigenvalue weighted by atomic mass is 16.3. The second-order valence-electron chi connectivity index (χ2n) is 3.37. The molecule has 0 fully saturated rings. The van der Waals surface area contributed by atoms with E-state index in [0.29, 0.717) is 12.0 Å².